The van der Waals surface area contributed by atoms with E-state index in [4.69, 9.17) is 24.7 Å². The summed E-state index contributed by atoms with van der Waals surface area (Å²) in [5.41, 5.74) is 10.7. The van der Waals surface area contributed by atoms with Crippen molar-refractivity contribution in [3.05, 3.63) is 147 Å². The molecule has 2 aliphatic rings. The van der Waals surface area contributed by atoms with Gasteiger partial charge in [-0.2, -0.15) is 10.2 Å². The first kappa shape index (κ1) is 46.7. The van der Waals surface area contributed by atoms with Gasteiger partial charge in [0.15, 0.2) is 22.9 Å². The molecule has 10 aromatic rings. The average Bonchev–Trinajstić information content (AvgIpc) is 4.27. The number of likely N-dealkylation sites (tertiary alicyclic amines) is 1. The topological polar surface area (TPSA) is 197 Å². The number of nitrogens with one attached hydrogen (secondary N) is 3. The molecule has 372 valence electrons. The van der Waals surface area contributed by atoms with Crippen LogP contribution in [0.1, 0.15) is 69.7 Å². The summed E-state index contributed by atoms with van der Waals surface area (Å²) in [6.07, 6.45) is 30.3. The maximum Gasteiger partial charge on any atom is 0.410 e. The molecular weight excluding hydrogens is 921 g/mol. The molecule has 2 aliphatic heterocycles. The maximum absolute atomic E-state index is 12.9. The number of ether oxygens (including phenoxy) is 1. The third-order valence-electron chi connectivity index (χ3n) is 13.1. The van der Waals surface area contributed by atoms with Gasteiger partial charge in [-0.05, 0) is 102 Å². The Morgan fingerprint density at radius 3 is 1.64 bits per heavy atom. The molecule has 2 unspecified atom stereocenters. The highest BCUT2D eigenvalue weighted by Crippen LogP contribution is 2.34. The number of amides is 1. The first-order valence-corrected chi connectivity index (χ1v) is 24.6. The van der Waals surface area contributed by atoms with Gasteiger partial charge < -0.3 is 34.7 Å². The smallest absolute Gasteiger partial charge is 0.410 e. The molecule has 8 aromatic heterocycles. The van der Waals surface area contributed by atoms with Crippen molar-refractivity contribution in [2.75, 3.05) is 36.8 Å². The lowest BCUT2D eigenvalue weighted by Crippen LogP contribution is -2.42. The quantitative estimate of drug-likeness (QED) is 0.118. The van der Waals surface area contributed by atoms with Gasteiger partial charge in [-0.3, -0.25) is 18.2 Å². The molecule has 2 saturated heterocycles. The summed E-state index contributed by atoms with van der Waals surface area (Å²) in [4.78, 5) is 42.5. The minimum Gasteiger partial charge on any atom is -0.444 e. The van der Waals surface area contributed by atoms with E-state index in [1.54, 1.807) is 34.6 Å². The van der Waals surface area contributed by atoms with Gasteiger partial charge >= 0.3 is 6.09 Å². The summed E-state index contributed by atoms with van der Waals surface area (Å²) in [6.45, 7) is 8.90. The van der Waals surface area contributed by atoms with Gasteiger partial charge in [0.05, 0.1) is 60.2 Å². The largest absolute Gasteiger partial charge is 0.444 e. The van der Waals surface area contributed by atoms with E-state index in [1.807, 2.05) is 141 Å². The lowest BCUT2D eigenvalue weighted by molar-refractivity contribution is 0.0197. The standard InChI is InChI=1S/C29H33N9O2.C24H25N9/c1-29(2,3)40-28(39)36-12-5-6-20(17-36)24-18-38-25(21-14-32-35(4)16-21)15-31-27(38)26(34-24)33-22-7-9-23(10-8-22)37-13-11-30-19-37;1-31-14-18(12-28-31)22-13-27-24-23(30-21(15-33(22)24)17-3-2-8-25-11-17)29-19-4-6-20(7-5-19)32-10-9-26-16-32/h7-11,13-16,18-20H,5-6,12,17H2,1-4H3,(H,33,34);4-7,9-10,12-17,25H,2-3,8,11H2,1H3,(H,29,30). The fourth-order valence-corrected chi connectivity index (χ4v) is 9.46. The molecular formula is C53H58N18O2. The molecule has 12 rings (SSSR count). The third-order valence-corrected chi connectivity index (χ3v) is 13.1. The van der Waals surface area contributed by atoms with Crippen LogP contribution in [-0.2, 0) is 18.8 Å². The van der Waals surface area contributed by atoms with E-state index in [0.29, 0.717) is 30.5 Å². The number of hydrogen-bond acceptors (Lipinski definition) is 13. The van der Waals surface area contributed by atoms with Gasteiger partial charge in [-0.1, -0.05) is 0 Å². The second-order valence-corrected chi connectivity index (χ2v) is 19.6. The highest BCUT2D eigenvalue weighted by molar-refractivity contribution is 5.76. The van der Waals surface area contributed by atoms with E-state index in [2.05, 4.69) is 63.2 Å². The van der Waals surface area contributed by atoms with E-state index >= 15 is 0 Å². The number of rotatable bonds is 10. The molecule has 20 nitrogen and oxygen atoms in total. The van der Waals surface area contributed by atoms with Gasteiger partial charge in [0.25, 0.3) is 0 Å². The van der Waals surface area contributed by atoms with E-state index in [1.165, 1.54) is 0 Å². The van der Waals surface area contributed by atoms with Crippen LogP contribution in [-0.4, -0.2) is 110 Å². The first-order valence-electron chi connectivity index (χ1n) is 24.6. The van der Waals surface area contributed by atoms with Crippen molar-refractivity contribution in [1.82, 2.24) is 77.6 Å². The second kappa shape index (κ2) is 19.9. The monoisotopic (exact) mass is 978 g/mol. The van der Waals surface area contributed by atoms with E-state index in [9.17, 15) is 4.79 Å². The number of aryl methyl sites for hydroxylation is 2. The van der Waals surface area contributed by atoms with Crippen LogP contribution in [0.4, 0.5) is 27.8 Å². The number of carbonyl (C=O) groups is 1. The normalized spacial score (nSPS) is 16.1. The predicted molar refractivity (Wildman–Crippen MR) is 279 cm³/mol. The zero-order chi connectivity index (χ0) is 50.1. The van der Waals surface area contributed by atoms with Gasteiger partial charge in [-0.25, -0.2) is 34.7 Å². The number of piperidine rings is 2. The molecule has 0 saturated carbocycles. The molecule has 10 heterocycles. The number of hydrogen-bond donors (Lipinski definition) is 3. The predicted octanol–water partition coefficient (Wildman–Crippen LogP) is 8.70. The number of carbonyl (C=O) groups excluding carboxylic acids is 1. The van der Waals surface area contributed by atoms with E-state index in [-0.39, 0.29) is 12.0 Å². The zero-order valence-corrected chi connectivity index (χ0v) is 41.5. The molecule has 73 heavy (non-hydrogen) atoms. The number of benzene rings is 2. The number of fused-ring (bicyclic) bond motifs is 2. The van der Waals surface area contributed by atoms with Crippen LogP contribution >= 0.6 is 0 Å². The molecule has 0 bridgehead atoms. The first-order chi connectivity index (χ1) is 35.5. The van der Waals surface area contributed by atoms with E-state index < -0.39 is 5.60 Å². The summed E-state index contributed by atoms with van der Waals surface area (Å²) >= 11 is 0. The Morgan fingerprint density at radius 2 is 1.19 bits per heavy atom. The van der Waals surface area contributed by atoms with Crippen molar-refractivity contribution in [3.8, 4) is 33.9 Å². The Bertz CT molecular complexity index is 3460. The molecule has 2 aromatic carbocycles. The lowest BCUT2D eigenvalue weighted by atomic mass is 9.95. The third kappa shape index (κ3) is 10.3. The Balaban J connectivity index is 0.000000160. The van der Waals surface area contributed by atoms with Crippen LogP contribution < -0.4 is 16.0 Å². The highest BCUT2D eigenvalue weighted by Gasteiger charge is 2.30. The summed E-state index contributed by atoms with van der Waals surface area (Å²) in [6, 6.07) is 16.3. The molecule has 0 radical (unpaired) electrons. The van der Waals surface area contributed by atoms with Crippen molar-refractivity contribution < 1.29 is 9.53 Å². The van der Waals surface area contributed by atoms with Crippen molar-refractivity contribution in [3.63, 3.8) is 0 Å². The Hall–Kier alpha value is -8.65. The number of nitrogens with zero attached hydrogens (tertiary/aromatic N) is 15. The molecule has 2 atom stereocenters. The van der Waals surface area contributed by atoms with Gasteiger partial charge in [0, 0.05) is 129 Å². The fraction of sp³-hybridized carbons (Fsp3) is 0.302. The number of imidazole rings is 4. The Labute approximate surface area is 421 Å². The summed E-state index contributed by atoms with van der Waals surface area (Å²) in [7, 11) is 3.82. The van der Waals surface area contributed by atoms with Crippen LogP contribution in [0.2, 0.25) is 0 Å². The van der Waals surface area contributed by atoms with Crippen LogP contribution in [0.3, 0.4) is 0 Å². The van der Waals surface area contributed by atoms with Crippen LogP contribution in [0.5, 0.6) is 0 Å². The molecule has 3 N–H and O–H groups in total. The highest BCUT2D eigenvalue weighted by atomic mass is 16.6. The summed E-state index contributed by atoms with van der Waals surface area (Å²) in [5.74, 6) is 1.83. The van der Waals surface area contributed by atoms with E-state index in [0.717, 1.165) is 107 Å². The average molecular weight is 979 g/mol. The fourth-order valence-electron chi connectivity index (χ4n) is 9.46. The minimum atomic E-state index is -0.541. The van der Waals surface area contributed by atoms with Crippen LogP contribution in [0.25, 0.3) is 45.2 Å². The Morgan fingerprint density at radius 1 is 0.671 bits per heavy atom. The number of aromatic nitrogens is 14. The summed E-state index contributed by atoms with van der Waals surface area (Å²) < 4.78 is 17.4. The number of anilines is 4. The van der Waals surface area contributed by atoms with Gasteiger partial charge in [-0.15, -0.1) is 0 Å². The SMILES string of the molecule is Cn1cc(-c2cnc3c(Nc4ccc(-n5ccnc5)cc4)nc(C4CCCN(C(=O)OC(C)(C)C)C4)cn23)cn1.Cn1cc(-c2cnc3c(Nc4ccc(-n5ccnc5)cc4)nc(C4CCCNC4)cn23)cn1. The van der Waals surface area contributed by atoms with Crippen molar-refractivity contribution in [2.45, 2.75) is 63.9 Å². The minimum absolute atomic E-state index is 0.0546. The zero-order valence-electron chi connectivity index (χ0n) is 41.5. The Kier molecular flexibility index (Phi) is 12.7. The molecule has 0 spiro atoms. The molecule has 20 heteroatoms. The van der Waals surface area contributed by atoms with Crippen molar-refractivity contribution >= 4 is 40.4 Å². The second-order valence-electron chi connectivity index (χ2n) is 19.6. The van der Waals surface area contributed by atoms with Crippen molar-refractivity contribution in [1.29, 1.82) is 0 Å². The lowest BCUT2D eigenvalue weighted by Gasteiger charge is -2.34. The van der Waals surface area contributed by atoms with Crippen LogP contribution in [0, 0.1) is 0 Å². The molecule has 1 amide bonds. The van der Waals surface area contributed by atoms with Crippen molar-refractivity contribution in [2.24, 2.45) is 14.1 Å². The van der Waals surface area contributed by atoms with Crippen LogP contribution in [0.15, 0.2) is 136 Å². The van der Waals surface area contributed by atoms with Gasteiger partial charge in [0.1, 0.15) is 5.60 Å². The molecule has 2 fully saturated rings. The summed E-state index contributed by atoms with van der Waals surface area (Å²) in [5, 5.41) is 19.2. The molecule has 0 aliphatic carbocycles. The van der Waals surface area contributed by atoms with Gasteiger partial charge in [0.2, 0.25) is 0 Å². The maximum atomic E-state index is 12.9.